The van der Waals surface area contributed by atoms with Crippen molar-refractivity contribution >= 4 is 35.3 Å². The Morgan fingerprint density at radius 2 is 1.62 bits per heavy atom. The van der Waals surface area contributed by atoms with Gasteiger partial charge >= 0.3 is 0 Å². The number of epoxide rings is 1. The summed E-state index contributed by atoms with van der Waals surface area (Å²) >= 11 is 13.8. The largest absolute Gasteiger partial charge is 0.353 e. The molecule has 2 nitrogen and oxygen atoms in total. The molecule has 2 atom stereocenters. The van der Waals surface area contributed by atoms with Crippen LogP contribution in [-0.4, -0.2) is 11.7 Å². The van der Waals surface area contributed by atoms with Crippen LogP contribution in [-0.2, 0) is 8.58 Å². The van der Waals surface area contributed by atoms with Crippen LogP contribution in [0.2, 0.25) is 0 Å². The highest BCUT2D eigenvalue weighted by molar-refractivity contribution is 6.24. The van der Waals surface area contributed by atoms with Crippen molar-refractivity contribution in [3.63, 3.8) is 0 Å². The van der Waals surface area contributed by atoms with Crippen LogP contribution in [0.15, 0.2) is 0 Å². The molecule has 0 aromatic carbocycles. The zero-order valence-electron chi connectivity index (χ0n) is 4.11. The molecule has 0 aromatic heterocycles. The predicted molar refractivity (Wildman–Crippen MR) is 33.0 cm³/mol. The topological polar surface area (TPSA) is 21.8 Å². The van der Waals surface area contributed by atoms with Gasteiger partial charge in [0.1, 0.15) is 0 Å². The molecule has 8 heavy (non-hydrogen) atoms. The zero-order chi connectivity index (χ0) is 6.57. The Labute approximate surface area is 63.0 Å². The molecule has 1 saturated heterocycles. The predicted octanol–water partition coefficient (Wildman–Crippen LogP) is 2.28. The maximum Gasteiger partial charge on any atom is 0.157 e. The molecule has 50 valence electrons. The summed E-state index contributed by atoms with van der Waals surface area (Å²) in [5.74, 6) is 0. The molecule has 1 heterocycles. The molecule has 1 rings (SSSR count). The van der Waals surface area contributed by atoms with Crippen molar-refractivity contribution in [2.45, 2.75) is 18.6 Å². The van der Waals surface area contributed by atoms with Gasteiger partial charge in [0.15, 0.2) is 5.56 Å². The van der Waals surface area contributed by atoms with E-state index in [1.165, 1.54) is 0 Å². The van der Waals surface area contributed by atoms with Crippen LogP contribution < -0.4 is 0 Å². The third-order valence-corrected chi connectivity index (χ3v) is 1.09. The van der Waals surface area contributed by atoms with Crippen LogP contribution >= 0.6 is 35.3 Å². The minimum Gasteiger partial charge on any atom is -0.353 e. The third-order valence-electron chi connectivity index (χ3n) is 0.637. The zero-order valence-corrected chi connectivity index (χ0v) is 6.37. The van der Waals surface area contributed by atoms with Gasteiger partial charge in [-0.3, -0.25) is 0 Å². The van der Waals surface area contributed by atoms with Crippen LogP contribution in [0.4, 0.5) is 0 Å². The molecule has 0 bridgehead atoms. The molecule has 1 aliphatic heterocycles. The van der Waals surface area contributed by atoms with E-state index in [1.54, 1.807) is 0 Å². The fraction of sp³-hybridized carbons (Fsp3) is 1.00. The van der Waals surface area contributed by atoms with Crippen molar-refractivity contribution in [1.82, 2.24) is 0 Å². The van der Waals surface area contributed by atoms with Gasteiger partial charge in [-0.25, -0.2) is 0 Å². The van der Waals surface area contributed by atoms with E-state index in [1.807, 2.05) is 6.92 Å². The van der Waals surface area contributed by atoms with Crippen molar-refractivity contribution in [3.05, 3.63) is 0 Å². The first-order valence-electron chi connectivity index (χ1n) is 1.91. The second-order valence-corrected chi connectivity index (χ2v) is 2.15. The van der Waals surface area contributed by atoms with E-state index >= 15 is 0 Å². The summed E-state index contributed by atoms with van der Waals surface area (Å²) in [6.07, 6.45) is 0.316. The van der Waals surface area contributed by atoms with Crippen molar-refractivity contribution in [3.8, 4) is 0 Å². The van der Waals surface area contributed by atoms with Gasteiger partial charge in [-0.2, -0.15) is 3.84 Å². The first kappa shape index (κ1) is 8.79. The smallest absolute Gasteiger partial charge is 0.157 e. The van der Waals surface area contributed by atoms with Gasteiger partial charge in [-0.15, -0.1) is 0 Å². The third kappa shape index (κ3) is 4.94. The Hall–Kier alpha value is 0.790. The first-order chi connectivity index (χ1) is 3.72. The summed E-state index contributed by atoms with van der Waals surface area (Å²) in [6, 6.07) is 0. The lowest BCUT2D eigenvalue weighted by Crippen LogP contribution is -1.69. The Bertz CT molecular complexity index is 54.5. The van der Waals surface area contributed by atoms with Gasteiger partial charge in [0.2, 0.25) is 0 Å². The van der Waals surface area contributed by atoms with E-state index < -0.39 is 0 Å². The van der Waals surface area contributed by atoms with Crippen molar-refractivity contribution < 1.29 is 8.58 Å². The van der Waals surface area contributed by atoms with Gasteiger partial charge < -0.3 is 4.74 Å². The monoisotopic (exact) mass is 178 g/mol. The highest BCUT2D eigenvalue weighted by atomic mass is 35.6. The molecule has 0 saturated carbocycles. The molecule has 0 amide bonds. The maximum absolute atomic E-state index is 5.31. The summed E-state index contributed by atoms with van der Waals surface area (Å²) in [5.41, 5.74) is 0.0231. The molecular formula is C3H5Cl3O2. The number of hydrogen-bond acceptors (Lipinski definition) is 2. The molecule has 0 N–H and O–H groups in total. The van der Waals surface area contributed by atoms with Gasteiger partial charge in [0.05, 0.1) is 29.8 Å². The Morgan fingerprint density at radius 3 is 1.62 bits per heavy atom. The van der Waals surface area contributed by atoms with E-state index in [0.717, 1.165) is 0 Å². The van der Waals surface area contributed by atoms with Gasteiger partial charge in [-0.1, -0.05) is 11.6 Å². The van der Waals surface area contributed by atoms with Gasteiger partial charge in [0, 0.05) is 0 Å². The maximum atomic E-state index is 5.31. The van der Waals surface area contributed by atoms with Crippen molar-refractivity contribution in [1.29, 1.82) is 0 Å². The second-order valence-electron chi connectivity index (χ2n) is 1.25. The average molecular weight is 179 g/mol. The quantitative estimate of drug-likeness (QED) is 0.420. The van der Waals surface area contributed by atoms with E-state index in [9.17, 15) is 0 Å². The summed E-state index contributed by atoms with van der Waals surface area (Å²) in [4.78, 5) is 0. The fourth-order valence-electron chi connectivity index (χ4n) is 0.160. The standard InChI is InChI=1S/C3H5ClO.Cl2O/c1-2-3(4)5-2;1-3-2/h2-3H,1H3;. The van der Waals surface area contributed by atoms with Crippen LogP contribution in [0.3, 0.4) is 0 Å². The highest BCUT2D eigenvalue weighted by Gasteiger charge is 2.30. The van der Waals surface area contributed by atoms with E-state index in [-0.39, 0.29) is 5.56 Å². The highest BCUT2D eigenvalue weighted by Crippen LogP contribution is 2.23. The van der Waals surface area contributed by atoms with E-state index in [4.69, 9.17) is 11.6 Å². The molecule has 2 unspecified atom stereocenters. The average Bonchev–Trinajstić information content (AvgIpc) is 2.22. The normalized spacial score (nSPS) is 33.0. The van der Waals surface area contributed by atoms with Gasteiger partial charge in [-0.05, 0) is 6.92 Å². The number of hydrogen-bond donors (Lipinski definition) is 0. The molecule has 5 heteroatoms. The molecule has 0 spiro atoms. The lowest BCUT2D eigenvalue weighted by Gasteiger charge is -1.55. The molecule has 0 aromatic rings. The minimum absolute atomic E-state index is 0.0231. The summed E-state index contributed by atoms with van der Waals surface area (Å²) in [5, 5.41) is 0. The van der Waals surface area contributed by atoms with Crippen LogP contribution in [0.25, 0.3) is 0 Å². The molecule has 1 aliphatic rings. The Kier molecular flexibility index (Phi) is 5.11. The number of halogens is 3. The van der Waals surface area contributed by atoms with Crippen LogP contribution in [0, 0.1) is 0 Å². The molecular weight excluding hydrogens is 174 g/mol. The second kappa shape index (κ2) is 4.65. The lowest BCUT2D eigenvalue weighted by molar-refractivity contribution is 0.411. The molecule has 1 fully saturated rings. The molecule has 0 aliphatic carbocycles. The minimum atomic E-state index is 0.0231. The van der Waals surface area contributed by atoms with E-state index in [2.05, 4.69) is 32.3 Å². The number of rotatable bonds is 0. The van der Waals surface area contributed by atoms with Crippen molar-refractivity contribution in [2.24, 2.45) is 0 Å². The molecule has 0 radical (unpaired) electrons. The lowest BCUT2D eigenvalue weighted by atomic mass is 10.6. The number of alkyl halides is 1. The Balaban J connectivity index is 0.000000145. The number of ether oxygens (including phenoxy) is 1. The first-order valence-corrected chi connectivity index (χ1v) is 2.96. The summed E-state index contributed by atoms with van der Waals surface area (Å²) < 4.78 is 7.88. The van der Waals surface area contributed by atoms with Crippen molar-refractivity contribution in [2.75, 3.05) is 0 Å². The van der Waals surface area contributed by atoms with Crippen LogP contribution in [0.5, 0.6) is 0 Å². The van der Waals surface area contributed by atoms with E-state index in [0.29, 0.717) is 6.10 Å². The van der Waals surface area contributed by atoms with Gasteiger partial charge in [0.25, 0.3) is 0 Å². The van der Waals surface area contributed by atoms with Crippen LogP contribution in [0.1, 0.15) is 6.92 Å². The summed E-state index contributed by atoms with van der Waals surface area (Å²) in [6.45, 7) is 1.94. The SMILES string of the molecule is CC1OC1Cl.ClOCl. The summed E-state index contributed by atoms with van der Waals surface area (Å²) in [7, 11) is 0. The Morgan fingerprint density at radius 1 is 1.50 bits per heavy atom. The fourth-order valence-corrected chi connectivity index (χ4v) is 0.322.